The second-order valence-electron chi connectivity index (χ2n) is 3.78. The molecule has 0 saturated carbocycles. The molecule has 2 rings (SSSR count). The number of methoxy groups -OCH3 is 1. The third kappa shape index (κ3) is 2.39. The van der Waals surface area contributed by atoms with E-state index in [1.54, 1.807) is 24.3 Å². The van der Waals surface area contributed by atoms with Gasteiger partial charge in [0, 0.05) is 0 Å². The number of rotatable bonds is 3. The van der Waals surface area contributed by atoms with Crippen molar-refractivity contribution in [2.24, 2.45) is 5.73 Å². The Balaban J connectivity index is 2.45. The van der Waals surface area contributed by atoms with Gasteiger partial charge in [0.05, 0.1) is 30.2 Å². The van der Waals surface area contributed by atoms with Crippen LogP contribution in [0.15, 0.2) is 30.5 Å². The lowest BCUT2D eigenvalue weighted by Crippen LogP contribution is -2.14. The molecule has 7 heteroatoms. The average Bonchev–Trinajstić information content (AvgIpc) is 2.80. The van der Waals surface area contributed by atoms with Crippen LogP contribution in [-0.2, 0) is 4.74 Å². The van der Waals surface area contributed by atoms with Crippen LogP contribution in [0, 0.1) is 0 Å². The predicted molar refractivity (Wildman–Crippen MR) is 67.8 cm³/mol. The molecule has 4 N–H and O–H groups in total. The van der Waals surface area contributed by atoms with E-state index in [9.17, 15) is 9.59 Å². The summed E-state index contributed by atoms with van der Waals surface area (Å²) in [6, 6.07) is 6.56. The van der Waals surface area contributed by atoms with E-state index in [-0.39, 0.29) is 11.4 Å². The van der Waals surface area contributed by atoms with E-state index in [0.717, 1.165) is 0 Å². The van der Waals surface area contributed by atoms with Gasteiger partial charge in [-0.15, -0.1) is 0 Å². The van der Waals surface area contributed by atoms with Crippen LogP contribution in [0.1, 0.15) is 20.8 Å². The fourth-order valence-electron chi connectivity index (χ4n) is 1.60. The molecule has 0 atom stereocenters. The quantitative estimate of drug-likeness (QED) is 0.772. The number of aromatic nitrogens is 2. The fourth-order valence-corrected chi connectivity index (χ4v) is 1.60. The van der Waals surface area contributed by atoms with Gasteiger partial charge in [0.2, 0.25) is 0 Å². The standard InChI is InChI=1S/C12H12N4O3/c1-19-12(18)7-3-2-4-8(5-7)16-6-9(13)10(15-16)11(14)17/h2-6H,13H2,1H3,(H2,14,17). The molecular weight excluding hydrogens is 248 g/mol. The van der Waals surface area contributed by atoms with E-state index >= 15 is 0 Å². The highest BCUT2D eigenvalue weighted by Gasteiger charge is 2.13. The number of hydrogen-bond acceptors (Lipinski definition) is 5. The molecule has 0 fully saturated rings. The molecule has 0 aliphatic rings. The van der Waals surface area contributed by atoms with Gasteiger partial charge >= 0.3 is 5.97 Å². The first-order valence-electron chi connectivity index (χ1n) is 5.36. The van der Waals surface area contributed by atoms with E-state index in [1.807, 2.05) is 0 Å². The number of ether oxygens (including phenoxy) is 1. The van der Waals surface area contributed by atoms with Crippen LogP contribution < -0.4 is 11.5 Å². The Morgan fingerprint density at radius 1 is 1.37 bits per heavy atom. The molecule has 19 heavy (non-hydrogen) atoms. The van der Waals surface area contributed by atoms with Gasteiger partial charge in [0.15, 0.2) is 5.69 Å². The minimum atomic E-state index is -0.708. The maximum Gasteiger partial charge on any atom is 0.337 e. The second kappa shape index (κ2) is 4.81. The van der Waals surface area contributed by atoms with Gasteiger partial charge in [-0.25, -0.2) is 9.48 Å². The molecule has 0 spiro atoms. The summed E-state index contributed by atoms with van der Waals surface area (Å²) in [6.45, 7) is 0. The molecule has 0 saturated heterocycles. The van der Waals surface area contributed by atoms with Crippen molar-refractivity contribution in [2.75, 3.05) is 12.8 Å². The number of nitrogen functional groups attached to an aromatic ring is 1. The Kier molecular flexibility index (Phi) is 3.19. The van der Waals surface area contributed by atoms with E-state index in [2.05, 4.69) is 9.84 Å². The Labute approximate surface area is 108 Å². The number of hydrogen-bond donors (Lipinski definition) is 2. The van der Waals surface area contributed by atoms with Gasteiger partial charge in [-0.1, -0.05) is 6.07 Å². The van der Waals surface area contributed by atoms with E-state index in [1.165, 1.54) is 18.0 Å². The molecular formula is C12H12N4O3. The molecule has 1 aromatic carbocycles. The van der Waals surface area contributed by atoms with Gasteiger partial charge in [-0.2, -0.15) is 5.10 Å². The third-order valence-corrected chi connectivity index (χ3v) is 2.51. The van der Waals surface area contributed by atoms with Crippen LogP contribution in [0.2, 0.25) is 0 Å². The summed E-state index contributed by atoms with van der Waals surface area (Å²) in [7, 11) is 1.30. The summed E-state index contributed by atoms with van der Waals surface area (Å²) in [5.74, 6) is -1.17. The number of nitrogens with two attached hydrogens (primary N) is 2. The first-order valence-corrected chi connectivity index (χ1v) is 5.36. The van der Waals surface area contributed by atoms with Crippen LogP contribution in [-0.4, -0.2) is 28.8 Å². The molecule has 2 aromatic rings. The first-order chi connectivity index (χ1) is 9.02. The minimum Gasteiger partial charge on any atom is -0.465 e. The number of benzene rings is 1. The van der Waals surface area contributed by atoms with Gasteiger partial charge < -0.3 is 16.2 Å². The van der Waals surface area contributed by atoms with Crippen molar-refractivity contribution in [1.29, 1.82) is 0 Å². The van der Waals surface area contributed by atoms with Gasteiger partial charge in [-0.05, 0) is 18.2 Å². The van der Waals surface area contributed by atoms with Crippen LogP contribution in [0.5, 0.6) is 0 Å². The Bertz CT molecular complexity index is 648. The minimum absolute atomic E-state index is 0.0107. The van der Waals surface area contributed by atoms with Gasteiger partial charge in [-0.3, -0.25) is 4.79 Å². The number of primary amides is 1. The summed E-state index contributed by atoms with van der Waals surface area (Å²) < 4.78 is 6.00. The smallest absolute Gasteiger partial charge is 0.337 e. The van der Waals surface area contributed by atoms with Crippen molar-refractivity contribution in [2.45, 2.75) is 0 Å². The van der Waals surface area contributed by atoms with Crippen molar-refractivity contribution >= 4 is 17.6 Å². The summed E-state index contributed by atoms with van der Waals surface area (Å²) in [4.78, 5) is 22.5. The molecule has 0 radical (unpaired) electrons. The topological polar surface area (TPSA) is 113 Å². The van der Waals surface area contributed by atoms with Crippen LogP contribution in [0.4, 0.5) is 5.69 Å². The normalized spacial score (nSPS) is 10.2. The Morgan fingerprint density at radius 2 is 2.11 bits per heavy atom. The molecule has 1 aromatic heterocycles. The monoisotopic (exact) mass is 260 g/mol. The third-order valence-electron chi connectivity index (χ3n) is 2.51. The number of carbonyl (C=O) groups is 2. The number of esters is 1. The molecule has 0 bridgehead atoms. The average molecular weight is 260 g/mol. The maximum absolute atomic E-state index is 11.4. The van der Waals surface area contributed by atoms with E-state index < -0.39 is 11.9 Å². The summed E-state index contributed by atoms with van der Waals surface area (Å²) >= 11 is 0. The molecule has 1 heterocycles. The Hall–Kier alpha value is -2.83. The van der Waals surface area contributed by atoms with Crippen LogP contribution in [0.25, 0.3) is 5.69 Å². The van der Waals surface area contributed by atoms with Crippen molar-refractivity contribution in [1.82, 2.24) is 9.78 Å². The second-order valence-corrected chi connectivity index (χ2v) is 3.78. The highest BCUT2D eigenvalue weighted by atomic mass is 16.5. The largest absolute Gasteiger partial charge is 0.465 e. The zero-order valence-electron chi connectivity index (χ0n) is 10.2. The lowest BCUT2D eigenvalue weighted by molar-refractivity contribution is 0.0600. The van der Waals surface area contributed by atoms with Gasteiger partial charge in [0.25, 0.3) is 5.91 Å². The van der Waals surface area contributed by atoms with Crippen molar-refractivity contribution in [3.8, 4) is 5.69 Å². The molecule has 1 amide bonds. The molecule has 0 aliphatic heterocycles. The zero-order valence-corrected chi connectivity index (χ0v) is 10.2. The lowest BCUT2D eigenvalue weighted by atomic mass is 10.2. The first kappa shape index (κ1) is 12.6. The van der Waals surface area contributed by atoms with Crippen molar-refractivity contribution in [3.63, 3.8) is 0 Å². The number of amides is 1. The molecule has 98 valence electrons. The fraction of sp³-hybridized carbons (Fsp3) is 0.0833. The van der Waals surface area contributed by atoms with Crippen molar-refractivity contribution in [3.05, 3.63) is 41.7 Å². The highest BCUT2D eigenvalue weighted by Crippen LogP contribution is 2.15. The summed E-state index contributed by atoms with van der Waals surface area (Å²) in [5.41, 5.74) is 11.9. The summed E-state index contributed by atoms with van der Waals surface area (Å²) in [6.07, 6.45) is 1.45. The maximum atomic E-state index is 11.4. The van der Waals surface area contributed by atoms with E-state index in [0.29, 0.717) is 11.3 Å². The van der Waals surface area contributed by atoms with Crippen LogP contribution >= 0.6 is 0 Å². The van der Waals surface area contributed by atoms with E-state index in [4.69, 9.17) is 11.5 Å². The number of carbonyl (C=O) groups excluding carboxylic acids is 2. The number of nitrogens with zero attached hydrogens (tertiary/aromatic N) is 2. The Morgan fingerprint density at radius 3 is 2.68 bits per heavy atom. The predicted octanol–water partition coefficient (Wildman–Crippen LogP) is 0.340. The van der Waals surface area contributed by atoms with Crippen LogP contribution in [0.3, 0.4) is 0 Å². The zero-order chi connectivity index (χ0) is 14.0. The SMILES string of the molecule is COC(=O)c1cccc(-n2cc(N)c(C(N)=O)n2)c1. The number of anilines is 1. The molecule has 0 aliphatic carbocycles. The summed E-state index contributed by atoms with van der Waals surface area (Å²) in [5, 5.41) is 3.97. The molecule has 7 nitrogen and oxygen atoms in total. The van der Waals surface area contributed by atoms with Crippen molar-refractivity contribution < 1.29 is 14.3 Å². The highest BCUT2D eigenvalue weighted by molar-refractivity contribution is 5.95. The molecule has 0 unspecified atom stereocenters. The lowest BCUT2D eigenvalue weighted by Gasteiger charge is -2.03. The van der Waals surface area contributed by atoms with Gasteiger partial charge in [0.1, 0.15) is 0 Å².